The summed E-state index contributed by atoms with van der Waals surface area (Å²) in [5.74, 6) is 0.194. The van der Waals surface area contributed by atoms with Crippen LogP contribution in [0.2, 0.25) is 13.1 Å². The van der Waals surface area contributed by atoms with E-state index in [1.54, 1.807) is 0 Å². The molecule has 0 fully saturated rings. The van der Waals surface area contributed by atoms with Crippen molar-refractivity contribution in [2.45, 2.75) is 19.0 Å². The van der Waals surface area contributed by atoms with Crippen molar-refractivity contribution >= 4 is 27.2 Å². The third-order valence-corrected chi connectivity index (χ3v) is 6.97. The van der Waals surface area contributed by atoms with Crippen molar-refractivity contribution in [1.82, 2.24) is 4.98 Å². The topological polar surface area (TPSA) is 12.9 Å². The molecule has 3 aromatic rings. The Bertz CT molecular complexity index is 705. The van der Waals surface area contributed by atoms with E-state index in [9.17, 15) is 0 Å². The molecule has 1 heterocycles. The molecule has 25 heavy (non-hydrogen) atoms. The van der Waals surface area contributed by atoms with Gasteiger partial charge in [0.15, 0.2) is 0 Å². The molecule has 1 nitrogen and oxygen atoms in total. The van der Waals surface area contributed by atoms with Gasteiger partial charge in [-0.05, 0) is 17.7 Å². The van der Waals surface area contributed by atoms with E-state index in [1.807, 2.05) is 12.3 Å². The van der Waals surface area contributed by atoms with Gasteiger partial charge in [-0.25, -0.2) is 6.07 Å². The van der Waals surface area contributed by atoms with E-state index in [0.717, 1.165) is 5.69 Å². The first kappa shape index (κ1) is 24.5. The van der Waals surface area contributed by atoms with Crippen LogP contribution in [0.1, 0.15) is 22.7 Å². The van der Waals surface area contributed by atoms with Gasteiger partial charge < -0.3 is 24.8 Å². The number of halogens is 3. The van der Waals surface area contributed by atoms with Gasteiger partial charge in [0.25, 0.3) is 0 Å². The Morgan fingerprint density at radius 2 is 1.60 bits per heavy atom. The first-order valence-corrected chi connectivity index (χ1v) is 12.7. The van der Waals surface area contributed by atoms with Crippen molar-refractivity contribution in [3.05, 3.63) is 89.7 Å². The van der Waals surface area contributed by atoms with Crippen molar-refractivity contribution in [2.24, 2.45) is 0 Å². The summed E-state index contributed by atoms with van der Waals surface area (Å²) in [4.78, 5) is 4.60. The quantitative estimate of drug-likeness (QED) is 0.253. The zero-order valence-corrected chi connectivity index (χ0v) is 19.4. The van der Waals surface area contributed by atoms with E-state index in [4.69, 9.17) is 0 Å². The third-order valence-electron chi connectivity index (χ3n) is 3.91. The molecule has 0 aliphatic heterocycles. The molecule has 2 aromatic carbocycles. The number of pyridine rings is 1. The van der Waals surface area contributed by atoms with Crippen LogP contribution in [0.15, 0.2) is 72.9 Å². The number of hydrogen-bond acceptors (Lipinski definition) is 1. The van der Waals surface area contributed by atoms with Crippen LogP contribution in [-0.2, 0) is 17.4 Å². The summed E-state index contributed by atoms with van der Waals surface area (Å²) in [5.41, 5.74) is 3.70. The maximum Gasteiger partial charge on any atom is 3.00 e. The molecular formula is C19H19BrCl2CrNSi. The molecule has 0 saturated heterocycles. The molecule has 0 saturated carbocycles. The van der Waals surface area contributed by atoms with Crippen molar-refractivity contribution in [3.63, 3.8) is 0 Å². The molecule has 0 aliphatic rings. The Hall–Kier alpha value is -0.471. The largest absolute Gasteiger partial charge is 3.00 e. The second-order valence-electron chi connectivity index (χ2n) is 6.00. The maximum absolute atomic E-state index is 4.60. The van der Waals surface area contributed by atoms with Crippen molar-refractivity contribution in [2.75, 3.05) is 0 Å². The van der Waals surface area contributed by atoms with Crippen LogP contribution in [0.5, 0.6) is 0 Å². The van der Waals surface area contributed by atoms with Crippen LogP contribution in [0, 0.1) is 0 Å². The fourth-order valence-corrected chi connectivity index (χ4v) is 4.47. The first-order chi connectivity index (χ1) is 10.6. The smallest absolute Gasteiger partial charge is 1.00 e. The summed E-state index contributed by atoms with van der Waals surface area (Å²) in [5, 5.41) is 1.43. The summed E-state index contributed by atoms with van der Waals surface area (Å²) in [6.45, 7) is 3.15. The van der Waals surface area contributed by atoms with E-state index in [1.165, 1.54) is 16.3 Å². The van der Waals surface area contributed by atoms with Crippen LogP contribution >= 0.6 is 15.3 Å². The number of aromatic nitrogens is 1. The zero-order valence-electron chi connectivity index (χ0n) is 14.0. The van der Waals surface area contributed by atoms with Gasteiger partial charge >= 0.3 is 17.4 Å². The van der Waals surface area contributed by atoms with E-state index in [0.29, 0.717) is 0 Å². The fraction of sp³-hybridized carbons (Fsp3) is 0.158. The minimum absolute atomic E-state index is 0. The van der Waals surface area contributed by atoms with Crippen molar-refractivity contribution in [1.29, 1.82) is 0 Å². The molecule has 1 radical (unpaired) electrons. The number of nitrogens with zero attached hydrogens (tertiary/aromatic N) is 1. The summed E-state index contributed by atoms with van der Waals surface area (Å²) >= 11 is 3.88. The van der Waals surface area contributed by atoms with Gasteiger partial charge in [-0.3, -0.25) is 4.98 Å². The molecule has 0 amide bonds. The minimum Gasteiger partial charge on any atom is -1.00 e. The summed E-state index contributed by atoms with van der Waals surface area (Å²) < 4.78 is 0. The van der Waals surface area contributed by atoms with Crippen molar-refractivity contribution < 1.29 is 42.2 Å². The number of rotatable bonds is 4. The normalized spacial score (nSPS) is 11.5. The molecule has 1 atom stereocenters. The number of hydrogen-bond donors (Lipinski definition) is 0. The monoisotopic (exact) mass is 490 g/mol. The summed E-state index contributed by atoms with van der Waals surface area (Å²) in [6.07, 6.45) is 1.87. The average molecular weight is 492 g/mol. The van der Waals surface area contributed by atoms with Gasteiger partial charge in [-0.2, -0.15) is 17.3 Å². The minimum atomic E-state index is -1.47. The zero-order chi connectivity index (χ0) is 15.6. The molecule has 1 unspecified atom stereocenters. The Kier molecular flexibility index (Phi) is 10.4. The molecular weight excluding hydrogens is 473 g/mol. The van der Waals surface area contributed by atoms with E-state index in [2.05, 4.69) is 94.0 Å². The predicted molar refractivity (Wildman–Crippen MR) is 99.7 cm³/mol. The molecule has 0 spiro atoms. The third kappa shape index (κ3) is 6.03. The standard InChI is InChI=1S/C19H19BrNSi.2ClH.Cr/c1-22(2,20)17-12-11-16(14-17)19(15-8-4-3-5-9-15)18-10-6-7-13-21-18;;;/h3-14,19H,1-2H3;2*1H;/q-1;;;+3/p-2. The molecule has 131 valence electrons. The second-order valence-corrected chi connectivity index (χ2v) is 15.5. The molecule has 0 aliphatic carbocycles. The Morgan fingerprint density at radius 3 is 2.12 bits per heavy atom. The van der Waals surface area contributed by atoms with Gasteiger partial charge in [-0.15, -0.1) is 20.9 Å². The van der Waals surface area contributed by atoms with E-state index < -0.39 is 6.69 Å². The predicted octanol–water partition coefficient (Wildman–Crippen LogP) is -1.21. The van der Waals surface area contributed by atoms with Gasteiger partial charge in [0, 0.05) is 17.8 Å². The van der Waals surface area contributed by atoms with Crippen LogP contribution in [0.25, 0.3) is 0 Å². The van der Waals surface area contributed by atoms with Crippen LogP contribution in [-0.4, -0.2) is 11.7 Å². The summed E-state index contributed by atoms with van der Waals surface area (Å²) in [7, 11) is 0. The van der Waals surface area contributed by atoms with Crippen LogP contribution in [0.3, 0.4) is 0 Å². The fourth-order valence-electron chi connectivity index (χ4n) is 2.74. The average Bonchev–Trinajstić information content (AvgIpc) is 2.99. The van der Waals surface area contributed by atoms with Crippen LogP contribution < -0.4 is 30.0 Å². The first-order valence-electron chi connectivity index (χ1n) is 7.47. The molecule has 0 bridgehead atoms. The Balaban J connectivity index is 0.00000192. The van der Waals surface area contributed by atoms with E-state index in [-0.39, 0.29) is 48.1 Å². The Morgan fingerprint density at radius 1 is 0.960 bits per heavy atom. The molecule has 6 heteroatoms. The maximum atomic E-state index is 4.60. The number of benzene rings is 1. The summed E-state index contributed by atoms with van der Waals surface area (Å²) in [6, 6.07) is 23.6. The van der Waals surface area contributed by atoms with Gasteiger partial charge in [0.05, 0.1) is 6.69 Å². The van der Waals surface area contributed by atoms with Gasteiger partial charge in [0.2, 0.25) is 0 Å². The second kappa shape index (κ2) is 10.6. The molecule has 3 rings (SSSR count). The van der Waals surface area contributed by atoms with Gasteiger partial charge in [0.1, 0.15) is 0 Å². The molecule has 0 N–H and O–H groups in total. The Labute approximate surface area is 182 Å². The van der Waals surface area contributed by atoms with Crippen molar-refractivity contribution in [3.8, 4) is 0 Å². The van der Waals surface area contributed by atoms with Gasteiger partial charge in [-0.1, -0.05) is 49.5 Å². The SMILES string of the molecule is C[Si](C)(Br)c1cc[c-](C(c2ccccc2)c2ccccn2)c1.[Cl-].[Cl-].[Cr+3]. The van der Waals surface area contributed by atoms with Crippen LogP contribution in [0.4, 0.5) is 0 Å². The van der Waals surface area contributed by atoms with E-state index >= 15 is 0 Å². The molecule has 1 aromatic heterocycles.